The third-order valence-corrected chi connectivity index (χ3v) is 3.00. The fourth-order valence-corrected chi connectivity index (χ4v) is 1.99. The van der Waals surface area contributed by atoms with Gasteiger partial charge in [-0.05, 0) is 43.2 Å². The number of ether oxygens (including phenoxy) is 1. The Hall–Kier alpha value is -1.91. The molecule has 2 aromatic rings. The standard InChI is InChI=1S/C16H17FO3/c1-11(19)14-10-13(17)6-7-16(14)20-15-5-3-2-4-12(15)8-9-18/h2-7,10-11,18-19H,8-9H2,1H3/t11-/m0/s1. The molecule has 4 heteroatoms. The van der Waals surface area contributed by atoms with E-state index in [1.165, 1.54) is 18.2 Å². The molecule has 0 saturated heterocycles. The third-order valence-electron chi connectivity index (χ3n) is 3.00. The predicted octanol–water partition coefficient (Wildman–Crippen LogP) is 3.21. The topological polar surface area (TPSA) is 49.7 Å². The van der Waals surface area contributed by atoms with E-state index in [0.717, 1.165) is 5.56 Å². The summed E-state index contributed by atoms with van der Waals surface area (Å²) in [5.41, 5.74) is 1.25. The van der Waals surface area contributed by atoms with Gasteiger partial charge < -0.3 is 14.9 Å². The molecule has 0 aliphatic heterocycles. The van der Waals surface area contributed by atoms with Gasteiger partial charge >= 0.3 is 0 Å². The molecule has 0 fully saturated rings. The number of hydrogen-bond donors (Lipinski definition) is 2. The van der Waals surface area contributed by atoms with Crippen LogP contribution in [-0.2, 0) is 6.42 Å². The third kappa shape index (κ3) is 3.35. The Morgan fingerprint density at radius 2 is 1.90 bits per heavy atom. The Morgan fingerprint density at radius 3 is 2.60 bits per heavy atom. The van der Waals surface area contributed by atoms with Gasteiger partial charge in [0, 0.05) is 12.2 Å². The molecule has 0 unspecified atom stereocenters. The molecule has 106 valence electrons. The van der Waals surface area contributed by atoms with Gasteiger partial charge in [-0.3, -0.25) is 0 Å². The summed E-state index contributed by atoms with van der Waals surface area (Å²) in [6, 6.07) is 11.4. The summed E-state index contributed by atoms with van der Waals surface area (Å²) in [6.07, 6.45) is -0.354. The first kappa shape index (κ1) is 14.5. The van der Waals surface area contributed by atoms with Crippen LogP contribution in [0.1, 0.15) is 24.2 Å². The first-order valence-electron chi connectivity index (χ1n) is 6.46. The summed E-state index contributed by atoms with van der Waals surface area (Å²) in [5.74, 6) is 0.582. The first-order chi connectivity index (χ1) is 9.61. The first-order valence-corrected chi connectivity index (χ1v) is 6.46. The van der Waals surface area contributed by atoms with Crippen LogP contribution in [0.25, 0.3) is 0 Å². The van der Waals surface area contributed by atoms with Gasteiger partial charge in [-0.25, -0.2) is 4.39 Å². The van der Waals surface area contributed by atoms with Gasteiger partial charge in [0.1, 0.15) is 17.3 Å². The molecule has 0 bridgehead atoms. The maximum Gasteiger partial charge on any atom is 0.133 e. The van der Waals surface area contributed by atoms with Crippen LogP contribution in [-0.4, -0.2) is 16.8 Å². The van der Waals surface area contributed by atoms with Crippen LogP contribution >= 0.6 is 0 Å². The van der Waals surface area contributed by atoms with Crippen LogP contribution in [0.5, 0.6) is 11.5 Å². The molecule has 0 aliphatic rings. The van der Waals surface area contributed by atoms with Gasteiger partial charge in [0.05, 0.1) is 6.10 Å². The van der Waals surface area contributed by atoms with Crippen molar-refractivity contribution in [3.63, 3.8) is 0 Å². The molecule has 1 atom stereocenters. The summed E-state index contributed by atoms with van der Waals surface area (Å²) >= 11 is 0. The number of halogens is 1. The van der Waals surface area contributed by atoms with E-state index in [-0.39, 0.29) is 6.61 Å². The zero-order valence-electron chi connectivity index (χ0n) is 11.2. The smallest absolute Gasteiger partial charge is 0.133 e. The molecule has 0 heterocycles. The Kier molecular flexibility index (Phi) is 4.71. The summed E-state index contributed by atoms with van der Waals surface area (Å²) in [6.45, 7) is 1.58. The predicted molar refractivity (Wildman–Crippen MR) is 74.3 cm³/mol. The minimum Gasteiger partial charge on any atom is -0.457 e. The molecule has 20 heavy (non-hydrogen) atoms. The highest BCUT2D eigenvalue weighted by Crippen LogP contribution is 2.32. The molecule has 0 radical (unpaired) electrons. The number of aliphatic hydroxyl groups is 2. The zero-order chi connectivity index (χ0) is 14.5. The molecule has 2 aromatic carbocycles. The Balaban J connectivity index is 2.35. The number of aliphatic hydroxyl groups excluding tert-OH is 2. The van der Waals surface area contributed by atoms with Gasteiger partial charge in [0.15, 0.2) is 0 Å². The average Bonchev–Trinajstić information content (AvgIpc) is 2.43. The molecule has 0 amide bonds. The van der Waals surface area contributed by atoms with Gasteiger partial charge in [-0.15, -0.1) is 0 Å². The molecule has 0 spiro atoms. The van der Waals surface area contributed by atoms with Crippen molar-refractivity contribution in [1.82, 2.24) is 0 Å². The lowest BCUT2D eigenvalue weighted by atomic mass is 10.1. The van der Waals surface area contributed by atoms with E-state index in [1.54, 1.807) is 13.0 Å². The van der Waals surface area contributed by atoms with Gasteiger partial charge in [-0.1, -0.05) is 18.2 Å². The summed E-state index contributed by atoms with van der Waals surface area (Å²) in [4.78, 5) is 0. The quantitative estimate of drug-likeness (QED) is 0.881. The van der Waals surface area contributed by atoms with E-state index in [1.807, 2.05) is 18.2 Å². The van der Waals surface area contributed by atoms with Crippen LogP contribution in [0.15, 0.2) is 42.5 Å². The van der Waals surface area contributed by atoms with Crippen molar-refractivity contribution in [2.45, 2.75) is 19.4 Å². The summed E-state index contributed by atoms with van der Waals surface area (Å²) in [5, 5.41) is 18.7. The Labute approximate surface area is 117 Å². The molecule has 0 saturated carbocycles. The number of para-hydroxylation sites is 1. The van der Waals surface area contributed by atoms with Crippen LogP contribution in [0, 0.1) is 5.82 Å². The maximum atomic E-state index is 13.2. The van der Waals surface area contributed by atoms with Crippen LogP contribution < -0.4 is 4.74 Å². The molecular formula is C16H17FO3. The lowest BCUT2D eigenvalue weighted by Gasteiger charge is -2.15. The van der Waals surface area contributed by atoms with Crippen molar-refractivity contribution < 1.29 is 19.3 Å². The minimum atomic E-state index is -0.828. The van der Waals surface area contributed by atoms with Crippen molar-refractivity contribution in [2.75, 3.05) is 6.61 Å². The van der Waals surface area contributed by atoms with Crippen LogP contribution in [0.4, 0.5) is 4.39 Å². The highest BCUT2D eigenvalue weighted by molar-refractivity contribution is 5.42. The maximum absolute atomic E-state index is 13.2. The molecule has 0 aromatic heterocycles. The largest absolute Gasteiger partial charge is 0.457 e. The average molecular weight is 276 g/mol. The SMILES string of the molecule is C[C@H](O)c1cc(F)ccc1Oc1ccccc1CCO. The minimum absolute atomic E-state index is 0.0209. The van der Waals surface area contributed by atoms with Crippen LogP contribution in [0.3, 0.4) is 0 Å². The summed E-state index contributed by atoms with van der Waals surface area (Å²) in [7, 11) is 0. The second-order valence-electron chi connectivity index (χ2n) is 4.54. The van der Waals surface area contributed by atoms with Gasteiger partial charge in [0.25, 0.3) is 0 Å². The van der Waals surface area contributed by atoms with E-state index in [9.17, 15) is 9.50 Å². The molecule has 2 rings (SSSR count). The zero-order valence-corrected chi connectivity index (χ0v) is 11.2. The lowest BCUT2D eigenvalue weighted by Crippen LogP contribution is -2.00. The summed E-state index contributed by atoms with van der Waals surface area (Å²) < 4.78 is 19.0. The number of rotatable bonds is 5. The van der Waals surface area contributed by atoms with E-state index in [4.69, 9.17) is 9.84 Å². The van der Waals surface area contributed by atoms with E-state index >= 15 is 0 Å². The normalized spacial score (nSPS) is 12.2. The van der Waals surface area contributed by atoms with E-state index in [2.05, 4.69) is 0 Å². The van der Waals surface area contributed by atoms with Crippen molar-refractivity contribution >= 4 is 0 Å². The highest BCUT2D eigenvalue weighted by atomic mass is 19.1. The molecular weight excluding hydrogens is 259 g/mol. The Bertz CT molecular complexity index is 582. The molecule has 3 nitrogen and oxygen atoms in total. The Morgan fingerprint density at radius 1 is 1.15 bits per heavy atom. The highest BCUT2D eigenvalue weighted by Gasteiger charge is 2.13. The van der Waals surface area contributed by atoms with Crippen molar-refractivity contribution in [1.29, 1.82) is 0 Å². The number of hydrogen-bond acceptors (Lipinski definition) is 3. The van der Waals surface area contributed by atoms with Gasteiger partial charge in [-0.2, -0.15) is 0 Å². The van der Waals surface area contributed by atoms with Crippen molar-refractivity contribution in [2.24, 2.45) is 0 Å². The fraction of sp³-hybridized carbons (Fsp3) is 0.250. The second-order valence-corrected chi connectivity index (χ2v) is 4.54. The van der Waals surface area contributed by atoms with E-state index in [0.29, 0.717) is 23.5 Å². The van der Waals surface area contributed by atoms with Crippen LogP contribution in [0.2, 0.25) is 0 Å². The van der Waals surface area contributed by atoms with Crippen molar-refractivity contribution in [3.05, 3.63) is 59.4 Å². The van der Waals surface area contributed by atoms with Gasteiger partial charge in [0.2, 0.25) is 0 Å². The fourth-order valence-electron chi connectivity index (χ4n) is 1.99. The molecule has 0 aliphatic carbocycles. The number of benzene rings is 2. The molecule has 2 N–H and O–H groups in total. The lowest BCUT2D eigenvalue weighted by molar-refractivity contribution is 0.195. The van der Waals surface area contributed by atoms with E-state index < -0.39 is 11.9 Å². The monoisotopic (exact) mass is 276 g/mol. The second kappa shape index (κ2) is 6.50. The van der Waals surface area contributed by atoms with Crippen molar-refractivity contribution in [3.8, 4) is 11.5 Å².